The van der Waals surface area contributed by atoms with Crippen LogP contribution in [0.5, 0.6) is 0 Å². The van der Waals surface area contributed by atoms with Gasteiger partial charge in [0.25, 0.3) is 10.0 Å². The zero-order valence-electron chi connectivity index (χ0n) is 16.0. The molecule has 0 bridgehead atoms. The first-order valence-corrected chi connectivity index (χ1v) is 12.8. The van der Waals surface area contributed by atoms with Crippen LogP contribution in [0, 0.1) is 20.8 Å². The fourth-order valence-corrected chi connectivity index (χ4v) is 6.94. The van der Waals surface area contributed by atoms with Gasteiger partial charge in [0.1, 0.15) is 0 Å². The van der Waals surface area contributed by atoms with E-state index < -0.39 is 20.0 Å². The highest BCUT2D eigenvalue weighted by Crippen LogP contribution is 2.31. The molecule has 0 aromatic heterocycles. The van der Waals surface area contributed by atoms with Crippen molar-refractivity contribution in [2.45, 2.75) is 38.5 Å². The molecule has 6 nitrogen and oxygen atoms in total. The van der Waals surface area contributed by atoms with Gasteiger partial charge < -0.3 is 0 Å². The molecule has 0 saturated carbocycles. The van der Waals surface area contributed by atoms with Crippen LogP contribution in [-0.4, -0.2) is 29.1 Å². The summed E-state index contributed by atoms with van der Waals surface area (Å²) in [6.45, 7) is 5.71. The third-order valence-electron chi connectivity index (χ3n) is 4.78. The second-order valence-electron chi connectivity index (χ2n) is 7.07. The number of aryl methyl sites for hydroxylation is 3. The van der Waals surface area contributed by atoms with E-state index >= 15 is 0 Å². The van der Waals surface area contributed by atoms with Crippen molar-refractivity contribution in [3.63, 3.8) is 0 Å². The van der Waals surface area contributed by atoms with Gasteiger partial charge in [0.2, 0.25) is 10.0 Å². The normalized spacial score (nSPS) is 16.8. The molecule has 0 spiro atoms. The molecule has 1 aliphatic heterocycles. The van der Waals surface area contributed by atoms with Gasteiger partial charge >= 0.3 is 0 Å². The summed E-state index contributed by atoms with van der Waals surface area (Å²) in [5, 5.41) is 0. The van der Waals surface area contributed by atoms with Gasteiger partial charge in [0, 0.05) is 16.7 Å². The summed E-state index contributed by atoms with van der Waals surface area (Å²) in [6, 6.07) is 8.51. The van der Waals surface area contributed by atoms with Crippen LogP contribution in [-0.2, 0) is 20.0 Å². The lowest BCUT2D eigenvalue weighted by Gasteiger charge is -2.29. The van der Waals surface area contributed by atoms with Crippen LogP contribution in [0.25, 0.3) is 0 Å². The van der Waals surface area contributed by atoms with Crippen molar-refractivity contribution < 1.29 is 16.8 Å². The number of benzene rings is 2. The van der Waals surface area contributed by atoms with Gasteiger partial charge in [0.15, 0.2) is 0 Å². The molecule has 2 aromatic rings. The Morgan fingerprint density at radius 3 is 2.21 bits per heavy atom. The van der Waals surface area contributed by atoms with Gasteiger partial charge in [-0.2, -0.15) is 0 Å². The van der Waals surface area contributed by atoms with E-state index in [1.807, 2.05) is 13.0 Å². The zero-order chi connectivity index (χ0) is 20.7. The van der Waals surface area contributed by atoms with Crippen LogP contribution in [0.15, 0.2) is 39.7 Å². The Morgan fingerprint density at radius 1 is 1.00 bits per heavy atom. The van der Waals surface area contributed by atoms with Crippen molar-refractivity contribution in [2.24, 2.45) is 0 Å². The molecule has 1 N–H and O–H groups in total. The van der Waals surface area contributed by atoms with E-state index in [2.05, 4.69) is 20.7 Å². The fraction of sp³-hybridized carbons (Fsp3) is 0.368. The molecule has 1 fully saturated rings. The molecule has 28 heavy (non-hydrogen) atoms. The lowest BCUT2D eigenvalue weighted by Crippen LogP contribution is -2.38. The molecule has 1 heterocycles. The van der Waals surface area contributed by atoms with E-state index in [4.69, 9.17) is 0 Å². The Bertz CT molecular complexity index is 1110. The summed E-state index contributed by atoms with van der Waals surface area (Å²) in [7, 11) is -7.17. The van der Waals surface area contributed by atoms with Gasteiger partial charge in [-0.05, 0) is 74.6 Å². The topological polar surface area (TPSA) is 83.6 Å². The lowest BCUT2D eigenvalue weighted by atomic mass is 10.1. The molecule has 1 saturated heterocycles. The van der Waals surface area contributed by atoms with E-state index in [1.54, 1.807) is 38.1 Å². The first-order valence-electron chi connectivity index (χ1n) is 8.92. The summed E-state index contributed by atoms with van der Waals surface area (Å²) >= 11 is 3.41. The minimum Gasteiger partial charge on any atom is -0.280 e. The Morgan fingerprint density at radius 2 is 1.64 bits per heavy atom. The molecule has 0 unspecified atom stereocenters. The number of halogens is 1. The molecular weight excluding hydrogens is 464 g/mol. The van der Waals surface area contributed by atoms with E-state index in [1.165, 1.54) is 4.31 Å². The molecule has 0 aliphatic carbocycles. The van der Waals surface area contributed by atoms with Gasteiger partial charge in [-0.25, -0.2) is 16.8 Å². The average molecular weight is 487 g/mol. The highest BCUT2D eigenvalue weighted by molar-refractivity contribution is 9.10. The van der Waals surface area contributed by atoms with E-state index in [0.717, 1.165) is 16.5 Å². The summed E-state index contributed by atoms with van der Waals surface area (Å²) in [5.41, 5.74) is 3.00. The van der Waals surface area contributed by atoms with Gasteiger partial charge in [-0.1, -0.05) is 22.0 Å². The minimum absolute atomic E-state index is 0.120. The molecule has 2 aromatic carbocycles. The largest absolute Gasteiger partial charge is 0.280 e. The van der Waals surface area contributed by atoms with E-state index in [-0.39, 0.29) is 10.6 Å². The number of hydrogen-bond donors (Lipinski definition) is 1. The molecule has 0 atom stereocenters. The first-order chi connectivity index (χ1) is 13.0. The molecule has 0 radical (unpaired) electrons. The number of rotatable bonds is 4. The summed E-state index contributed by atoms with van der Waals surface area (Å²) in [4.78, 5) is 0.169. The minimum atomic E-state index is -3.82. The van der Waals surface area contributed by atoms with Crippen LogP contribution in [0.3, 0.4) is 0 Å². The number of nitrogens with zero attached hydrogens (tertiary/aromatic N) is 1. The Balaban J connectivity index is 1.99. The standard InChI is InChI=1S/C19H23BrN2O4S2/c1-13-6-7-16(12-18(13)20)21-28(25,26)19-14(2)10-17(11-15(19)3)22-8-4-5-9-27(22,23)24/h6-7,10-12,21H,4-5,8-9H2,1-3H3. The Labute approximate surface area is 175 Å². The maximum Gasteiger partial charge on any atom is 0.262 e. The van der Waals surface area contributed by atoms with Crippen LogP contribution < -0.4 is 9.03 Å². The zero-order valence-corrected chi connectivity index (χ0v) is 19.2. The first kappa shape index (κ1) is 21.1. The quantitative estimate of drug-likeness (QED) is 0.704. The lowest BCUT2D eigenvalue weighted by molar-refractivity contribution is 0.574. The highest BCUT2D eigenvalue weighted by atomic mass is 79.9. The van der Waals surface area contributed by atoms with Crippen LogP contribution in [0.1, 0.15) is 29.5 Å². The number of nitrogens with one attached hydrogen (secondary N) is 1. The van der Waals surface area contributed by atoms with Crippen molar-refractivity contribution in [2.75, 3.05) is 21.3 Å². The SMILES string of the molecule is Cc1ccc(NS(=O)(=O)c2c(C)cc(N3CCCCS3(=O)=O)cc2C)cc1Br. The summed E-state index contributed by atoms with van der Waals surface area (Å²) < 4.78 is 55.6. The fourth-order valence-electron chi connectivity index (χ4n) is 3.44. The predicted molar refractivity (Wildman–Crippen MR) is 116 cm³/mol. The van der Waals surface area contributed by atoms with Crippen molar-refractivity contribution in [1.82, 2.24) is 0 Å². The molecular formula is C19H23BrN2O4S2. The monoisotopic (exact) mass is 486 g/mol. The highest BCUT2D eigenvalue weighted by Gasteiger charge is 2.28. The van der Waals surface area contributed by atoms with Crippen LogP contribution in [0.2, 0.25) is 0 Å². The van der Waals surface area contributed by atoms with Crippen molar-refractivity contribution in [3.8, 4) is 0 Å². The van der Waals surface area contributed by atoms with Gasteiger partial charge in [-0.3, -0.25) is 9.03 Å². The summed E-state index contributed by atoms with van der Waals surface area (Å²) in [5.74, 6) is 0.120. The number of hydrogen-bond acceptors (Lipinski definition) is 4. The molecule has 3 rings (SSSR count). The van der Waals surface area contributed by atoms with Gasteiger partial charge in [0.05, 0.1) is 16.3 Å². The second kappa shape index (κ2) is 7.68. The molecule has 152 valence electrons. The summed E-state index contributed by atoms with van der Waals surface area (Å²) in [6.07, 6.45) is 1.44. The maximum absolute atomic E-state index is 13.0. The maximum atomic E-state index is 13.0. The van der Waals surface area contributed by atoms with Crippen LogP contribution >= 0.6 is 15.9 Å². The molecule has 0 amide bonds. The molecule has 9 heteroatoms. The average Bonchev–Trinajstić information content (AvgIpc) is 2.56. The van der Waals surface area contributed by atoms with Crippen molar-refractivity contribution in [3.05, 3.63) is 51.5 Å². The van der Waals surface area contributed by atoms with E-state index in [0.29, 0.717) is 35.5 Å². The Hall–Kier alpha value is -1.58. The van der Waals surface area contributed by atoms with Crippen molar-refractivity contribution >= 4 is 47.4 Å². The smallest absolute Gasteiger partial charge is 0.262 e. The third kappa shape index (κ3) is 4.21. The molecule has 1 aliphatic rings. The second-order valence-corrected chi connectivity index (χ2v) is 11.6. The van der Waals surface area contributed by atoms with Crippen molar-refractivity contribution in [1.29, 1.82) is 0 Å². The Kier molecular flexibility index (Phi) is 5.80. The van der Waals surface area contributed by atoms with Crippen LogP contribution in [0.4, 0.5) is 11.4 Å². The predicted octanol–water partition coefficient (Wildman–Crippen LogP) is 4.11. The van der Waals surface area contributed by atoms with Gasteiger partial charge in [-0.15, -0.1) is 0 Å². The number of sulfonamides is 2. The number of anilines is 2. The van der Waals surface area contributed by atoms with E-state index in [9.17, 15) is 16.8 Å². The third-order valence-corrected chi connectivity index (χ3v) is 9.18.